The number of aromatic hydroxyl groups is 1. The lowest BCUT2D eigenvalue weighted by atomic mass is 9.93. The Kier molecular flexibility index (Phi) is 4.52. The number of rotatable bonds is 1. The molecule has 148 valence electrons. The van der Waals surface area contributed by atoms with Gasteiger partial charge in [0, 0.05) is 11.1 Å². The lowest BCUT2D eigenvalue weighted by molar-refractivity contribution is -0.140. The number of nitrogens with two attached hydrogens (primary N) is 2. The van der Waals surface area contributed by atoms with E-state index in [-0.39, 0.29) is 34.4 Å². The van der Waals surface area contributed by atoms with E-state index in [1.54, 1.807) is 12.3 Å². The Morgan fingerprint density at radius 3 is 2.52 bits per heavy atom. The molecule has 1 aromatic carbocycles. The first-order chi connectivity index (χ1) is 13.6. The number of nitrogen functional groups attached to an aromatic ring is 2. The van der Waals surface area contributed by atoms with Gasteiger partial charge in [0.2, 0.25) is 5.96 Å². The van der Waals surface area contributed by atoms with E-state index in [0.29, 0.717) is 6.07 Å². The van der Waals surface area contributed by atoms with Crippen molar-refractivity contribution in [2.75, 3.05) is 16.8 Å². The Morgan fingerprint density at radius 1 is 1.24 bits per heavy atom. The van der Waals surface area contributed by atoms with Crippen LogP contribution >= 0.6 is 0 Å². The molecule has 29 heavy (non-hydrogen) atoms. The van der Waals surface area contributed by atoms with E-state index < -0.39 is 34.9 Å². The summed E-state index contributed by atoms with van der Waals surface area (Å²) < 4.78 is 52.9. The van der Waals surface area contributed by atoms with Gasteiger partial charge in [0.1, 0.15) is 29.3 Å². The fourth-order valence-electron chi connectivity index (χ4n) is 2.83. The summed E-state index contributed by atoms with van der Waals surface area (Å²) in [6.45, 7) is 0. The summed E-state index contributed by atoms with van der Waals surface area (Å²) >= 11 is 0. The van der Waals surface area contributed by atoms with Crippen LogP contribution in [0, 0.1) is 28.6 Å². The summed E-state index contributed by atoms with van der Waals surface area (Å²) in [7, 11) is 0. The van der Waals surface area contributed by atoms with Crippen LogP contribution in [0.1, 0.15) is 28.3 Å². The number of nitriles is 2. The SMILES string of the molecule is N#CNC1=NC(c2ccc(C(F)(F)F)c(F)c2O)c2c(nc(N)c(C#N)c2N)N1. The number of pyridine rings is 1. The molecule has 2 aromatic rings. The molecular weight excluding hydrogens is 396 g/mol. The zero-order valence-electron chi connectivity index (χ0n) is 14.1. The molecule has 0 spiro atoms. The molecule has 0 aliphatic carbocycles. The highest BCUT2D eigenvalue weighted by molar-refractivity contribution is 5.98. The Bertz CT molecular complexity index is 1130. The van der Waals surface area contributed by atoms with E-state index in [0.717, 1.165) is 6.07 Å². The summed E-state index contributed by atoms with van der Waals surface area (Å²) in [5.41, 5.74) is 9.08. The second-order valence-corrected chi connectivity index (χ2v) is 5.76. The van der Waals surface area contributed by atoms with E-state index in [4.69, 9.17) is 16.7 Å². The smallest absolute Gasteiger partial charge is 0.419 e. The van der Waals surface area contributed by atoms with Crippen LogP contribution in [0.3, 0.4) is 0 Å². The van der Waals surface area contributed by atoms with Gasteiger partial charge in [-0.15, -0.1) is 0 Å². The molecule has 1 aliphatic rings. The molecule has 1 unspecified atom stereocenters. The summed E-state index contributed by atoms with van der Waals surface area (Å²) in [4.78, 5) is 7.98. The number of anilines is 3. The van der Waals surface area contributed by atoms with Gasteiger partial charge in [-0.25, -0.2) is 14.4 Å². The third-order valence-corrected chi connectivity index (χ3v) is 4.10. The van der Waals surface area contributed by atoms with Crippen molar-refractivity contribution in [3.05, 3.63) is 40.2 Å². The van der Waals surface area contributed by atoms with Gasteiger partial charge in [-0.05, 0) is 6.07 Å². The molecule has 1 atom stereocenters. The fraction of sp³-hybridized carbons (Fsp3) is 0.125. The van der Waals surface area contributed by atoms with E-state index in [9.17, 15) is 27.9 Å². The highest BCUT2D eigenvalue weighted by Crippen LogP contribution is 2.45. The average Bonchev–Trinajstić information content (AvgIpc) is 2.62. The van der Waals surface area contributed by atoms with Crippen LogP contribution in [-0.4, -0.2) is 16.1 Å². The number of hydrogen-bond donors (Lipinski definition) is 5. The molecule has 9 nitrogen and oxygen atoms in total. The summed E-state index contributed by atoms with van der Waals surface area (Å²) in [5, 5.41) is 32.9. The number of fused-ring (bicyclic) bond motifs is 1. The van der Waals surface area contributed by atoms with Gasteiger partial charge in [0.15, 0.2) is 17.8 Å². The van der Waals surface area contributed by atoms with Crippen LogP contribution in [0.5, 0.6) is 5.75 Å². The summed E-state index contributed by atoms with van der Waals surface area (Å²) in [6.07, 6.45) is -3.46. The molecule has 0 fully saturated rings. The van der Waals surface area contributed by atoms with Gasteiger partial charge in [-0.3, -0.25) is 5.32 Å². The largest absolute Gasteiger partial charge is 0.505 e. The first-order valence-electron chi connectivity index (χ1n) is 7.67. The second kappa shape index (κ2) is 6.72. The van der Waals surface area contributed by atoms with Crippen molar-refractivity contribution in [2.24, 2.45) is 4.99 Å². The fourth-order valence-corrected chi connectivity index (χ4v) is 2.83. The van der Waals surface area contributed by atoms with Crippen LogP contribution in [0.15, 0.2) is 17.1 Å². The number of phenolic OH excluding ortho intramolecular Hbond substituents is 1. The number of aromatic nitrogens is 1. The minimum absolute atomic E-state index is 0.0336. The molecule has 1 aliphatic heterocycles. The van der Waals surface area contributed by atoms with Crippen LogP contribution < -0.4 is 22.1 Å². The van der Waals surface area contributed by atoms with Crippen LogP contribution in [-0.2, 0) is 6.18 Å². The molecule has 7 N–H and O–H groups in total. The number of guanidine groups is 1. The first kappa shape index (κ1) is 19.5. The van der Waals surface area contributed by atoms with Crippen LogP contribution in [0.25, 0.3) is 0 Å². The van der Waals surface area contributed by atoms with Crippen molar-refractivity contribution in [3.8, 4) is 18.0 Å². The van der Waals surface area contributed by atoms with Gasteiger partial charge in [0.05, 0.1) is 11.3 Å². The van der Waals surface area contributed by atoms with Crippen molar-refractivity contribution in [3.63, 3.8) is 0 Å². The normalized spacial score (nSPS) is 15.4. The number of alkyl halides is 3. The molecule has 0 bridgehead atoms. The third-order valence-electron chi connectivity index (χ3n) is 4.10. The third kappa shape index (κ3) is 3.14. The lowest BCUT2D eigenvalue weighted by Gasteiger charge is -2.27. The molecular formula is C16H10F4N8O. The zero-order chi connectivity index (χ0) is 21.5. The average molecular weight is 406 g/mol. The van der Waals surface area contributed by atoms with E-state index >= 15 is 0 Å². The van der Waals surface area contributed by atoms with Crippen molar-refractivity contribution < 1.29 is 22.7 Å². The van der Waals surface area contributed by atoms with Crippen LogP contribution in [0.4, 0.5) is 34.9 Å². The van der Waals surface area contributed by atoms with Crippen molar-refractivity contribution in [2.45, 2.75) is 12.2 Å². The Morgan fingerprint density at radius 2 is 1.93 bits per heavy atom. The predicted molar refractivity (Wildman–Crippen MR) is 92.5 cm³/mol. The minimum atomic E-state index is -5.04. The van der Waals surface area contributed by atoms with E-state index in [1.807, 2.05) is 0 Å². The van der Waals surface area contributed by atoms with E-state index in [2.05, 4.69) is 20.6 Å². The number of halogens is 4. The van der Waals surface area contributed by atoms with E-state index in [1.165, 1.54) is 0 Å². The van der Waals surface area contributed by atoms with Crippen LogP contribution in [0.2, 0.25) is 0 Å². The maximum atomic E-state index is 14.2. The maximum absolute atomic E-state index is 14.2. The molecule has 13 heteroatoms. The quantitative estimate of drug-likeness (QED) is 0.272. The highest BCUT2D eigenvalue weighted by atomic mass is 19.4. The number of aliphatic imine (C=N–C) groups is 1. The standard InChI is InChI=1S/C16H10F4N8O/c17-9-7(16(18,19)20)2-1-5(12(9)29)11-8-10(23)6(3-21)13(24)27-14(8)28-15(26-11)25-4-22/h1-2,11,29H,(H6,23,24,25,26,27,28). The Hall–Kier alpha value is -4.26. The van der Waals surface area contributed by atoms with Crippen molar-refractivity contribution >= 4 is 23.3 Å². The topological polar surface area (TPSA) is 169 Å². The van der Waals surface area contributed by atoms with Gasteiger partial charge >= 0.3 is 6.18 Å². The minimum Gasteiger partial charge on any atom is -0.505 e. The van der Waals surface area contributed by atoms with Gasteiger partial charge in [-0.1, -0.05) is 6.07 Å². The number of nitrogens with one attached hydrogen (secondary N) is 2. The zero-order valence-corrected chi connectivity index (χ0v) is 14.1. The molecule has 1 aromatic heterocycles. The molecule has 0 saturated carbocycles. The molecule has 3 rings (SSSR count). The number of phenols is 1. The number of benzene rings is 1. The first-order valence-corrected chi connectivity index (χ1v) is 7.67. The van der Waals surface area contributed by atoms with Gasteiger partial charge in [-0.2, -0.15) is 23.7 Å². The predicted octanol–water partition coefficient (Wildman–Crippen LogP) is 1.92. The molecule has 0 radical (unpaired) electrons. The summed E-state index contributed by atoms with van der Waals surface area (Å²) in [5.74, 6) is -3.75. The summed E-state index contributed by atoms with van der Waals surface area (Å²) in [6, 6.07) is 1.60. The monoisotopic (exact) mass is 406 g/mol. The molecule has 2 heterocycles. The van der Waals surface area contributed by atoms with Crippen molar-refractivity contribution in [1.29, 1.82) is 10.5 Å². The highest BCUT2D eigenvalue weighted by Gasteiger charge is 2.38. The van der Waals surface area contributed by atoms with Crippen molar-refractivity contribution in [1.82, 2.24) is 10.3 Å². The Balaban J connectivity index is 2.29. The lowest BCUT2D eigenvalue weighted by Crippen LogP contribution is -2.32. The van der Waals surface area contributed by atoms with Gasteiger partial charge < -0.3 is 21.9 Å². The number of nitrogens with zero attached hydrogens (tertiary/aromatic N) is 4. The maximum Gasteiger partial charge on any atom is 0.419 e. The second-order valence-electron chi connectivity index (χ2n) is 5.76. The molecule has 0 amide bonds. The number of hydrogen-bond acceptors (Lipinski definition) is 9. The van der Waals surface area contributed by atoms with Gasteiger partial charge in [0.25, 0.3) is 0 Å². The molecule has 0 saturated heterocycles. The Labute approximate surface area is 159 Å².